The Labute approximate surface area is 193 Å². The minimum absolute atomic E-state index is 0.113. The van der Waals surface area contributed by atoms with Gasteiger partial charge in [-0.15, -0.1) is 5.06 Å². The van der Waals surface area contributed by atoms with E-state index in [1.54, 1.807) is 18.3 Å². The fraction of sp³-hybridized carbons (Fsp3) is 0.227. The van der Waals surface area contributed by atoms with Gasteiger partial charge in [-0.3, -0.25) is 0 Å². The zero-order valence-corrected chi connectivity index (χ0v) is 18.0. The van der Waals surface area contributed by atoms with Crippen LogP contribution in [0.4, 0.5) is 25.2 Å². The van der Waals surface area contributed by atoms with E-state index in [0.717, 1.165) is 11.6 Å². The van der Waals surface area contributed by atoms with Crippen LogP contribution in [0.1, 0.15) is 22.9 Å². The van der Waals surface area contributed by atoms with E-state index in [1.807, 2.05) is 0 Å². The number of benzene rings is 2. The molecular formula is C22H20ClF2N5O3. The second kappa shape index (κ2) is 10.1. The second-order valence-electron chi connectivity index (χ2n) is 7.34. The van der Waals surface area contributed by atoms with Gasteiger partial charge in [0, 0.05) is 18.4 Å². The quantitative estimate of drug-likeness (QED) is 0.497. The Bertz CT molecular complexity index is 1150. The van der Waals surface area contributed by atoms with E-state index in [-0.39, 0.29) is 17.4 Å². The Balaban J connectivity index is 1.38. The summed E-state index contributed by atoms with van der Waals surface area (Å²) in [7, 11) is 0. The Hall–Kier alpha value is -3.34. The van der Waals surface area contributed by atoms with Crippen LogP contribution in [0, 0.1) is 11.6 Å². The molecule has 4 rings (SSSR count). The first kappa shape index (κ1) is 22.8. The molecule has 33 heavy (non-hydrogen) atoms. The van der Waals surface area contributed by atoms with E-state index in [4.69, 9.17) is 16.4 Å². The van der Waals surface area contributed by atoms with Gasteiger partial charge in [-0.05, 0) is 53.9 Å². The van der Waals surface area contributed by atoms with Crippen molar-refractivity contribution in [3.05, 3.63) is 82.1 Å². The van der Waals surface area contributed by atoms with Crippen LogP contribution in [-0.2, 0) is 17.8 Å². The summed E-state index contributed by atoms with van der Waals surface area (Å²) in [6.07, 6.45) is 1.49. The summed E-state index contributed by atoms with van der Waals surface area (Å²) in [6, 6.07) is 8.90. The number of hydroxylamine groups is 2. The average molecular weight is 476 g/mol. The van der Waals surface area contributed by atoms with Gasteiger partial charge >= 0.3 is 6.09 Å². The highest BCUT2D eigenvalue weighted by molar-refractivity contribution is 6.30. The molecule has 0 spiro atoms. The summed E-state index contributed by atoms with van der Waals surface area (Å²) in [5.74, 6) is -0.605. The number of hydrogen-bond donors (Lipinski definition) is 3. The SMILES string of the molecule is O=C(N[C@H](CO)c1ccc(F)c(Cl)c1)ON1CCc2cnc(Nc3ccc(F)cc3)nc2C1. The first-order valence-corrected chi connectivity index (χ1v) is 10.5. The lowest BCUT2D eigenvalue weighted by molar-refractivity contribution is -0.113. The Morgan fingerprint density at radius 2 is 2.03 bits per heavy atom. The summed E-state index contributed by atoms with van der Waals surface area (Å²) in [4.78, 5) is 26.5. The zero-order valence-electron chi connectivity index (χ0n) is 17.3. The lowest BCUT2D eigenvalue weighted by Crippen LogP contribution is -2.39. The topological polar surface area (TPSA) is 99.6 Å². The largest absolute Gasteiger partial charge is 0.426 e. The highest BCUT2D eigenvalue weighted by atomic mass is 35.5. The van der Waals surface area contributed by atoms with Crippen LogP contribution in [-0.4, -0.2) is 39.4 Å². The number of aliphatic hydroxyl groups excluding tert-OH is 1. The Kier molecular flexibility index (Phi) is 6.97. The van der Waals surface area contributed by atoms with Crippen LogP contribution in [0.25, 0.3) is 0 Å². The predicted molar refractivity (Wildman–Crippen MR) is 117 cm³/mol. The molecule has 2 aromatic carbocycles. The molecule has 0 fully saturated rings. The first-order chi connectivity index (χ1) is 15.9. The van der Waals surface area contributed by atoms with Gasteiger partial charge < -0.3 is 20.6 Å². The van der Waals surface area contributed by atoms with Crippen LogP contribution < -0.4 is 10.6 Å². The normalized spacial score (nSPS) is 14.3. The van der Waals surface area contributed by atoms with Crippen molar-refractivity contribution in [2.24, 2.45) is 0 Å². The smallest absolute Gasteiger partial charge is 0.394 e. The van der Waals surface area contributed by atoms with Crippen LogP contribution in [0.15, 0.2) is 48.7 Å². The maximum Gasteiger partial charge on any atom is 0.426 e. The maximum absolute atomic E-state index is 13.4. The molecule has 0 radical (unpaired) electrons. The molecule has 1 aromatic heterocycles. The molecule has 0 aliphatic carbocycles. The highest BCUT2D eigenvalue weighted by Gasteiger charge is 2.23. The maximum atomic E-state index is 13.4. The molecule has 0 saturated carbocycles. The van der Waals surface area contributed by atoms with Gasteiger partial charge in [0.1, 0.15) is 11.6 Å². The lowest BCUT2D eigenvalue weighted by Gasteiger charge is -2.27. The number of aromatic nitrogens is 2. The number of anilines is 2. The molecule has 8 nitrogen and oxygen atoms in total. The predicted octanol–water partition coefficient (Wildman–Crippen LogP) is 3.88. The number of rotatable bonds is 6. The third-order valence-electron chi connectivity index (χ3n) is 5.04. The second-order valence-corrected chi connectivity index (χ2v) is 7.75. The molecule has 3 aromatic rings. The zero-order chi connectivity index (χ0) is 23.4. The van der Waals surface area contributed by atoms with E-state index in [9.17, 15) is 18.7 Å². The summed E-state index contributed by atoms with van der Waals surface area (Å²) in [5.41, 5.74) is 2.68. The van der Waals surface area contributed by atoms with Gasteiger partial charge in [0.2, 0.25) is 5.95 Å². The molecule has 2 heterocycles. The van der Waals surface area contributed by atoms with Gasteiger partial charge in [0.05, 0.1) is 29.9 Å². The van der Waals surface area contributed by atoms with Crippen LogP contribution in [0.2, 0.25) is 5.02 Å². The van der Waals surface area contributed by atoms with E-state index < -0.39 is 24.6 Å². The molecule has 0 saturated heterocycles. The van der Waals surface area contributed by atoms with Gasteiger partial charge in [-0.2, -0.15) is 0 Å². The van der Waals surface area contributed by atoms with Crippen molar-refractivity contribution in [2.45, 2.75) is 19.0 Å². The first-order valence-electron chi connectivity index (χ1n) is 10.1. The fourth-order valence-corrected chi connectivity index (χ4v) is 3.52. The molecule has 11 heteroatoms. The number of nitrogens with zero attached hydrogens (tertiary/aromatic N) is 3. The third kappa shape index (κ3) is 5.72. The van der Waals surface area contributed by atoms with Crippen molar-refractivity contribution < 1.29 is 23.5 Å². The Morgan fingerprint density at radius 3 is 2.76 bits per heavy atom. The van der Waals surface area contributed by atoms with Crippen molar-refractivity contribution in [2.75, 3.05) is 18.5 Å². The van der Waals surface area contributed by atoms with Crippen LogP contribution in [0.3, 0.4) is 0 Å². The molecule has 1 amide bonds. The molecule has 1 aliphatic heterocycles. The van der Waals surface area contributed by atoms with Crippen LogP contribution >= 0.6 is 11.6 Å². The molecule has 1 aliphatic rings. The summed E-state index contributed by atoms with van der Waals surface area (Å²) >= 11 is 5.78. The van der Waals surface area contributed by atoms with E-state index in [0.29, 0.717) is 35.9 Å². The number of carbonyl (C=O) groups excluding carboxylic acids is 1. The van der Waals surface area contributed by atoms with Crippen LogP contribution in [0.5, 0.6) is 0 Å². The highest BCUT2D eigenvalue weighted by Crippen LogP contribution is 2.22. The minimum atomic E-state index is -0.818. The third-order valence-corrected chi connectivity index (χ3v) is 5.33. The van der Waals surface area contributed by atoms with Crippen molar-refractivity contribution >= 4 is 29.3 Å². The number of nitrogens with one attached hydrogen (secondary N) is 2. The molecule has 0 bridgehead atoms. The number of carbonyl (C=O) groups is 1. The molecule has 0 unspecified atom stereocenters. The van der Waals surface area contributed by atoms with Crippen molar-refractivity contribution in [3.8, 4) is 0 Å². The Morgan fingerprint density at radius 1 is 1.24 bits per heavy atom. The average Bonchev–Trinajstić information content (AvgIpc) is 2.80. The fourth-order valence-electron chi connectivity index (χ4n) is 3.33. The monoisotopic (exact) mass is 475 g/mol. The molecule has 172 valence electrons. The van der Waals surface area contributed by atoms with Crippen molar-refractivity contribution in [1.29, 1.82) is 0 Å². The summed E-state index contributed by atoms with van der Waals surface area (Å²) < 4.78 is 26.5. The van der Waals surface area contributed by atoms with Gasteiger partial charge in [0.25, 0.3) is 0 Å². The van der Waals surface area contributed by atoms with Gasteiger partial charge in [0.15, 0.2) is 0 Å². The number of halogens is 3. The van der Waals surface area contributed by atoms with E-state index in [1.165, 1.54) is 29.3 Å². The summed E-state index contributed by atoms with van der Waals surface area (Å²) in [6.45, 7) is 0.238. The summed E-state index contributed by atoms with van der Waals surface area (Å²) in [5, 5.41) is 16.5. The standard InChI is InChI=1S/C22H20ClF2N5O3/c23-17-9-13(1-6-18(17)25)20(12-31)29-22(32)33-30-8-7-14-10-26-21(28-19(14)11-30)27-16-4-2-15(24)3-5-16/h1-6,9-10,20,31H,7-8,11-12H2,(H,29,32)(H,26,27,28)/t20-/m1/s1. The van der Waals surface area contributed by atoms with Gasteiger partial charge in [-0.25, -0.2) is 23.5 Å². The van der Waals surface area contributed by atoms with Gasteiger partial charge in [-0.1, -0.05) is 17.7 Å². The number of amides is 1. The lowest BCUT2D eigenvalue weighted by atomic mass is 10.1. The number of aliphatic hydroxyl groups is 1. The molecule has 3 N–H and O–H groups in total. The molecule has 1 atom stereocenters. The minimum Gasteiger partial charge on any atom is -0.394 e. The molecular weight excluding hydrogens is 456 g/mol. The van der Waals surface area contributed by atoms with E-state index >= 15 is 0 Å². The number of fused-ring (bicyclic) bond motifs is 1. The van der Waals surface area contributed by atoms with E-state index in [2.05, 4.69) is 20.6 Å². The van der Waals surface area contributed by atoms with Crippen molar-refractivity contribution in [1.82, 2.24) is 20.3 Å². The van der Waals surface area contributed by atoms with Crippen molar-refractivity contribution in [3.63, 3.8) is 0 Å². The number of hydrogen-bond acceptors (Lipinski definition) is 7.